The van der Waals surface area contributed by atoms with E-state index in [-0.39, 0.29) is 6.03 Å². The third kappa shape index (κ3) is 3.20. The number of hydrogen-bond donors (Lipinski definition) is 2. The van der Waals surface area contributed by atoms with Crippen LogP contribution in [0.5, 0.6) is 0 Å². The molecule has 0 aliphatic carbocycles. The van der Waals surface area contributed by atoms with Gasteiger partial charge in [0.25, 0.3) is 0 Å². The average Bonchev–Trinajstić information content (AvgIpc) is 2.27. The molecule has 1 aromatic rings. The summed E-state index contributed by atoms with van der Waals surface area (Å²) in [7, 11) is 0. The Bertz CT molecular complexity index is 404. The number of terminal acetylenes is 1. The van der Waals surface area contributed by atoms with Gasteiger partial charge in [-0.05, 0) is 12.1 Å². The van der Waals surface area contributed by atoms with E-state index in [1.807, 2.05) is 12.1 Å². The predicted octanol–water partition coefficient (Wildman–Crippen LogP) is 1.98. The van der Waals surface area contributed by atoms with Crippen molar-refractivity contribution in [2.45, 2.75) is 0 Å². The molecule has 0 saturated heterocycles. The number of benzene rings is 1. The molecule has 0 fully saturated rings. The van der Waals surface area contributed by atoms with Crippen molar-refractivity contribution in [3.8, 4) is 12.3 Å². The number of urea groups is 1. The summed E-state index contributed by atoms with van der Waals surface area (Å²) in [5.41, 5.74) is 1.29. The van der Waals surface area contributed by atoms with Crippen LogP contribution in [0, 0.1) is 12.3 Å². The summed E-state index contributed by atoms with van der Waals surface area (Å²) in [6.07, 6.45) is 6.89. The first-order valence-corrected chi connectivity index (χ1v) is 4.49. The molecule has 0 aliphatic rings. The molecule has 0 unspecified atom stereocenters. The molecular formula is C12H12N2O. The lowest BCUT2D eigenvalue weighted by atomic mass is 10.2. The molecule has 0 aromatic heterocycles. The van der Waals surface area contributed by atoms with Crippen LogP contribution in [0.3, 0.4) is 0 Å². The molecule has 3 heteroatoms. The lowest BCUT2D eigenvalue weighted by Crippen LogP contribution is -2.28. The van der Waals surface area contributed by atoms with Gasteiger partial charge in [-0.1, -0.05) is 24.1 Å². The molecule has 76 valence electrons. The van der Waals surface area contributed by atoms with Gasteiger partial charge in [-0.15, -0.1) is 13.0 Å². The highest BCUT2D eigenvalue weighted by atomic mass is 16.2. The summed E-state index contributed by atoms with van der Waals surface area (Å²) in [5.74, 6) is 2.49. The zero-order chi connectivity index (χ0) is 11.1. The first-order chi connectivity index (χ1) is 7.27. The number of carbonyl (C=O) groups excluding carboxylic acids is 1. The van der Waals surface area contributed by atoms with Crippen LogP contribution in [0.15, 0.2) is 36.9 Å². The van der Waals surface area contributed by atoms with Gasteiger partial charge < -0.3 is 10.6 Å². The molecule has 0 radical (unpaired) electrons. The fraction of sp³-hybridized carbons (Fsp3) is 0.0833. The van der Waals surface area contributed by atoms with E-state index >= 15 is 0 Å². The van der Waals surface area contributed by atoms with E-state index in [0.717, 1.165) is 0 Å². The van der Waals surface area contributed by atoms with Gasteiger partial charge in [-0.2, -0.15) is 0 Å². The monoisotopic (exact) mass is 200 g/mol. The smallest absolute Gasteiger partial charge is 0.319 e. The zero-order valence-electron chi connectivity index (χ0n) is 8.29. The summed E-state index contributed by atoms with van der Waals surface area (Å²) < 4.78 is 0. The highest BCUT2D eigenvalue weighted by molar-refractivity contribution is 5.90. The maximum atomic E-state index is 11.3. The largest absolute Gasteiger partial charge is 0.334 e. The molecule has 0 atom stereocenters. The number of carbonyl (C=O) groups is 1. The van der Waals surface area contributed by atoms with Crippen LogP contribution in [0.2, 0.25) is 0 Å². The SMILES string of the molecule is C#Cc1ccccc1NC(=O)NCC=C. The minimum absolute atomic E-state index is 0.294. The minimum atomic E-state index is -0.294. The molecule has 2 N–H and O–H groups in total. The first-order valence-electron chi connectivity index (χ1n) is 4.49. The Morgan fingerprint density at radius 3 is 2.93 bits per heavy atom. The van der Waals surface area contributed by atoms with E-state index in [1.165, 1.54) is 0 Å². The Morgan fingerprint density at radius 2 is 2.27 bits per heavy atom. The van der Waals surface area contributed by atoms with E-state index < -0.39 is 0 Å². The highest BCUT2D eigenvalue weighted by Crippen LogP contribution is 2.12. The number of amides is 2. The summed E-state index contributed by atoms with van der Waals surface area (Å²) in [4.78, 5) is 11.3. The fourth-order valence-corrected chi connectivity index (χ4v) is 1.05. The topological polar surface area (TPSA) is 41.1 Å². The number of hydrogen-bond acceptors (Lipinski definition) is 1. The normalized spacial score (nSPS) is 8.73. The molecule has 0 spiro atoms. The number of nitrogens with one attached hydrogen (secondary N) is 2. The van der Waals surface area contributed by atoms with Crippen molar-refractivity contribution < 1.29 is 4.79 Å². The maximum Gasteiger partial charge on any atom is 0.319 e. The van der Waals surface area contributed by atoms with E-state index in [4.69, 9.17) is 6.42 Å². The molecule has 1 rings (SSSR count). The van der Waals surface area contributed by atoms with Gasteiger partial charge in [0.15, 0.2) is 0 Å². The van der Waals surface area contributed by atoms with Gasteiger partial charge >= 0.3 is 6.03 Å². The Labute approximate surface area is 89.2 Å². The van der Waals surface area contributed by atoms with Crippen LogP contribution in [-0.2, 0) is 0 Å². The molecule has 0 bridgehead atoms. The average molecular weight is 200 g/mol. The summed E-state index contributed by atoms with van der Waals surface area (Å²) in [6.45, 7) is 3.92. The molecule has 0 heterocycles. The summed E-state index contributed by atoms with van der Waals surface area (Å²) in [5, 5.41) is 5.25. The van der Waals surface area contributed by atoms with E-state index in [9.17, 15) is 4.79 Å². The molecule has 0 saturated carbocycles. The number of anilines is 1. The Hall–Kier alpha value is -2.21. The van der Waals surface area contributed by atoms with Crippen LogP contribution in [0.25, 0.3) is 0 Å². The van der Waals surface area contributed by atoms with Crippen molar-refractivity contribution in [2.75, 3.05) is 11.9 Å². The lowest BCUT2D eigenvalue weighted by molar-refractivity contribution is 0.253. The van der Waals surface area contributed by atoms with Gasteiger partial charge in [0, 0.05) is 12.1 Å². The van der Waals surface area contributed by atoms with Crippen LogP contribution in [-0.4, -0.2) is 12.6 Å². The van der Waals surface area contributed by atoms with Crippen LogP contribution < -0.4 is 10.6 Å². The van der Waals surface area contributed by atoms with E-state index in [2.05, 4.69) is 23.1 Å². The molecule has 2 amide bonds. The van der Waals surface area contributed by atoms with Gasteiger partial charge in [-0.3, -0.25) is 0 Å². The second kappa shape index (κ2) is 5.51. The third-order valence-corrected chi connectivity index (χ3v) is 1.74. The Balaban J connectivity index is 2.68. The predicted molar refractivity (Wildman–Crippen MR) is 61.6 cm³/mol. The van der Waals surface area contributed by atoms with Crippen molar-refractivity contribution in [3.63, 3.8) is 0 Å². The van der Waals surface area contributed by atoms with Gasteiger partial charge in [0.05, 0.1) is 5.69 Å². The molecule has 1 aromatic carbocycles. The number of para-hydroxylation sites is 1. The van der Waals surface area contributed by atoms with Crippen molar-refractivity contribution >= 4 is 11.7 Å². The Morgan fingerprint density at radius 1 is 1.53 bits per heavy atom. The van der Waals surface area contributed by atoms with Crippen LogP contribution in [0.4, 0.5) is 10.5 Å². The van der Waals surface area contributed by atoms with E-state index in [1.54, 1.807) is 18.2 Å². The maximum absolute atomic E-state index is 11.3. The van der Waals surface area contributed by atoms with Crippen LogP contribution >= 0.6 is 0 Å². The van der Waals surface area contributed by atoms with Gasteiger partial charge in [-0.25, -0.2) is 4.79 Å². The standard InChI is InChI=1S/C12H12N2O/c1-3-9-13-12(15)14-11-8-6-5-7-10(11)4-2/h2-3,5-8H,1,9H2,(H2,13,14,15). The summed E-state index contributed by atoms with van der Waals surface area (Å²) in [6, 6.07) is 6.86. The number of rotatable bonds is 3. The quantitative estimate of drug-likeness (QED) is 0.568. The summed E-state index contributed by atoms with van der Waals surface area (Å²) >= 11 is 0. The van der Waals surface area contributed by atoms with Gasteiger partial charge in [0.2, 0.25) is 0 Å². The second-order valence-corrected chi connectivity index (χ2v) is 2.81. The molecular weight excluding hydrogens is 188 g/mol. The lowest BCUT2D eigenvalue weighted by Gasteiger charge is -2.07. The van der Waals surface area contributed by atoms with Crippen molar-refractivity contribution in [3.05, 3.63) is 42.5 Å². The van der Waals surface area contributed by atoms with E-state index in [0.29, 0.717) is 17.8 Å². The minimum Gasteiger partial charge on any atom is -0.334 e. The van der Waals surface area contributed by atoms with Crippen LogP contribution in [0.1, 0.15) is 5.56 Å². The molecule has 15 heavy (non-hydrogen) atoms. The second-order valence-electron chi connectivity index (χ2n) is 2.81. The first kappa shape index (κ1) is 10.9. The highest BCUT2D eigenvalue weighted by Gasteiger charge is 2.02. The molecule has 0 aliphatic heterocycles. The van der Waals surface area contributed by atoms with Crippen molar-refractivity contribution in [1.29, 1.82) is 0 Å². The Kier molecular flexibility index (Phi) is 3.99. The van der Waals surface area contributed by atoms with Crippen molar-refractivity contribution in [2.24, 2.45) is 0 Å². The van der Waals surface area contributed by atoms with Crippen molar-refractivity contribution in [1.82, 2.24) is 5.32 Å². The van der Waals surface area contributed by atoms with Gasteiger partial charge in [0.1, 0.15) is 0 Å². The zero-order valence-corrected chi connectivity index (χ0v) is 8.29. The fourth-order valence-electron chi connectivity index (χ4n) is 1.05. The molecule has 3 nitrogen and oxygen atoms in total. The third-order valence-electron chi connectivity index (χ3n) is 1.74.